The molecule has 10 heteroatoms. The predicted molar refractivity (Wildman–Crippen MR) is 157 cm³/mol. The summed E-state index contributed by atoms with van der Waals surface area (Å²) >= 11 is 0. The molecule has 0 spiro atoms. The largest absolute Gasteiger partial charge is 0.461 e. The van der Waals surface area contributed by atoms with Gasteiger partial charge in [-0.25, -0.2) is 13.2 Å². The standard InChI is InChI=1S/C32H35F3N6O/c1-40(2)31(11-5-12-31)18-37-29-23-16-36-27(22-9-3-7-20-8-4-10-24(34)25(20)22)26(35)28(23)38-30(39-29)42-19-32-13-6-14-41(32)17-21(33)15-32/h3-4,7-10,16,21H,5-6,11-15,17-19H2,1-2H3,(H,37,38,39)/t21-,32?/m1/s1. The van der Waals surface area contributed by atoms with Crippen LogP contribution in [0.25, 0.3) is 32.9 Å². The van der Waals surface area contributed by atoms with E-state index < -0.39 is 23.3 Å². The summed E-state index contributed by atoms with van der Waals surface area (Å²) in [4.78, 5) is 18.1. The summed E-state index contributed by atoms with van der Waals surface area (Å²) in [7, 11) is 4.13. The van der Waals surface area contributed by atoms with Crippen molar-refractivity contribution in [1.82, 2.24) is 24.8 Å². The average molecular weight is 577 g/mol. The van der Waals surface area contributed by atoms with E-state index in [1.807, 2.05) is 0 Å². The Balaban J connectivity index is 1.30. The fraction of sp³-hybridized carbons (Fsp3) is 0.469. The van der Waals surface area contributed by atoms with E-state index in [1.165, 1.54) is 6.07 Å². The van der Waals surface area contributed by atoms with Gasteiger partial charge in [-0.15, -0.1) is 0 Å². The Morgan fingerprint density at radius 1 is 1.07 bits per heavy atom. The molecule has 3 fully saturated rings. The summed E-state index contributed by atoms with van der Waals surface area (Å²) in [6, 6.07) is 10.0. The summed E-state index contributed by atoms with van der Waals surface area (Å²) < 4.78 is 52.0. The van der Waals surface area contributed by atoms with Crippen molar-refractivity contribution in [2.75, 3.05) is 45.7 Å². The first-order valence-electron chi connectivity index (χ1n) is 14.8. The molecule has 7 nitrogen and oxygen atoms in total. The smallest absolute Gasteiger partial charge is 0.319 e. The van der Waals surface area contributed by atoms with E-state index in [0.717, 1.165) is 38.6 Å². The first-order chi connectivity index (χ1) is 20.3. The maximum absolute atomic E-state index is 16.4. The van der Waals surface area contributed by atoms with E-state index in [1.54, 1.807) is 36.5 Å². The highest BCUT2D eigenvalue weighted by atomic mass is 19.1. The van der Waals surface area contributed by atoms with Crippen LogP contribution in [0.2, 0.25) is 0 Å². The van der Waals surface area contributed by atoms with Crippen LogP contribution in [0, 0.1) is 11.6 Å². The number of fused-ring (bicyclic) bond motifs is 3. The molecule has 2 atom stereocenters. The van der Waals surface area contributed by atoms with Crippen LogP contribution in [0.5, 0.6) is 6.01 Å². The van der Waals surface area contributed by atoms with Gasteiger partial charge in [0.15, 0.2) is 5.82 Å². The van der Waals surface area contributed by atoms with Gasteiger partial charge in [-0.2, -0.15) is 9.97 Å². The SMILES string of the molecule is CN(C)C1(CNc2nc(OCC34CCCN3C[C@H](F)C4)nc3c(F)c(-c4cccc5cccc(F)c45)ncc23)CCC1. The number of likely N-dealkylation sites (N-methyl/N-ethyl adjacent to an activating group) is 1. The topological polar surface area (TPSA) is 66.4 Å². The van der Waals surface area contributed by atoms with Crippen molar-refractivity contribution in [1.29, 1.82) is 0 Å². The second-order valence-corrected chi connectivity index (χ2v) is 12.4. The number of nitrogens with zero attached hydrogens (tertiary/aromatic N) is 5. The number of halogens is 3. The van der Waals surface area contributed by atoms with Crippen LogP contribution < -0.4 is 10.1 Å². The molecule has 1 aliphatic carbocycles. The molecule has 42 heavy (non-hydrogen) atoms. The fourth-order valence-corrected chi connectivity index (χ4v) is 7.18. The lowest BCUT2D eigenvalue weighted by atomic mass is 9.75. The van der Waals surface area contributed by atoms with Crippen LogP contribution in [0.15, 0.2) is 42.6 Å². The number of aromatic nitrogens is 3. The molecule has 1 N–H and O–H groups in total. The van der Waals surface area contributed by atoms with E-state index in [-0.39, 0.29) is 29.4 Å². The lowest BCUT2D eigenvalue weighted by molar-refractivity contribution is 0.0738. The number of anilines is 1. The Morgan fingerprint density at radius 2 is 1.88 bits per heavy atom. The van der Waals surface area contributed by atoms with Gasteiger partial charge >= 0.3 is 6.01 Å². The van der Waals surface area contributed by atoms with Gasteiger partial charge in [0.1, 0.15) is 35.6 Å². The van der Waals surface area contributed by atoms with Gasteiger partial charge in [-0.05, 0) is 64.2 Å². The van der Waals surface area contributed by atoms with E-state index in [0.29, 0.717) is 47.1 Å². The number of nitrogens with one attached hydrogen (secondary N) is 1. The quantitative estimate of drug-likeness (QED) is 0.277. The van der Waals surface area contributed by atoms with Crippen molar-refractivity contribution in [2.24, 2.45) is 0 Å². The van der Waals surface area contributed by atoms with E-state index in [4.69, 9.17) is 4.74 Å². The molecule has 2 aromatic carbocycles. The third kappa shape index (κ3) is 4.46. The highest BCUT2D eigenvalue weighted by Gasteiger charge is 2.49. The molecule has 2 aliphatic heterocycles. The number of benzene rings is 2. The maximum Gasteiger partial charge on any atom is 0.319 e. The van der Waals surface area contributed by atoms with Crippen molar-refractivity contribution in [3.05, 3.63) is 54.2 Å². The van der Waals surface area contributed by atoms with Gasteiger partial charge in [0.25, 0.3) is 0 Å². The predicted octanol–water partition coefficient (Wildman–Crippen LogP) is 5.97. The molecule has 0 radical (unpaired) electrons. The Bertz CT molecular complexity index is 1660. The van der Waals surface area contributed by atoms with Crippen molar-refractivity contribution >= 4 is 27.5 Å². The van der Waals surface area contributed by atoms with Crippen molar-refractivity contribution in [2.45, 2.75) is 55.8 Å². The third-order valence-electron chi connectivity index (χ3n) is 9.82. The molecule has 4 heterocycles. The zero-order valence-electron chi connectivity index (χ0n) is 24.0. The van der Waals surface area contributed by atoms with Gasteiger partial charge in [0.05, 0.1) is 10.9 Å². The van der Waals surface area contributed by atoms with Crippen LogP contribution in [-0.2, 0) is 0 Å². The van der Waals surface area contributed by atoms with Gasteiger partial charge in [0.2, 0.25) is 0 Å². The molecule has 0 amide bonds. The van der Waals surface area contributed by atoms with Crippen LogP contribution in [0.3, 0.4) is 0 Å². The second-order valence-electron chi connectivity index (χ2n) is 12.4. The van der Waals surface area contributed by atoms with Crippen molar-refractivity contribution in [3.63, 3.8) is 0 Å². The van der Waals surface area contributed by atoms with Gasteiger partial charge in [0, 0.05) is 42.2 Å². The minimum Gasteiger partial charge on any atom is -0.461 e. The zero-order valence-corrected chi connectivity index (χ0v) is 24.0. The number of ether oxygens (including phenoxy) is 1. The molecule has 0 bridgehead atoms. The number of alkyl halides is 1. The Kier molecular flexibility index (Phi) is 6.73. The Labute approximate surface area is 243 Å². The first kappa shape index (κ1) is 27.3. The van der Waals surface area contributed by atoms with Crippen LogP contribution in [0.1, 0.15) is 38.5 Å². The van der Waals surface area contributed by atoms with Gasteiger partial charge < -0.3 is 15.0 Å². The number of hydrogen-bond donors (Lipinski definition) is 1. The molecule has 7 rings (SSSR count). The summed E-state index contributed by atoms with van der Waals surface area (Å²) in [5.74, 6) is -0.688. The maximum atomic E-state index is 16.4. The molecule has 1 saturated carbocycles. The lowest BCUT2D eigenvalue weighted by Gasteiger charge is -2.47. The van der Waals surface area contributed by atoms with E-state index in [2.05, 4.69) is 44.2 Å². The molecule has 4 aromatic rings. The first-order valence-corrected chi connectivity index (χ1v) is 14.8. The minimum absolute atomic E-state index is 0.00850. The molecular weight excluding hydrogens is 541 g/mol. The van der Waals surface area contributed by atoms with Gasteiger partial charge in [-0.3, -0.25) is 9.88 Å². The average Bonchev–Trinajstić information content (AvgIpc) is 3.47. The van der Waals surface area contributed by atoms with Crippen LogP contribution in [-0.4, -0.2) is 82.3 Å². The van der Waals surface area contributed by atoms with Crippen LogP contribution >= 0.6 is 0 Å². The van der Waals surface area contributed by atoms with E-state index in [9.17, 15) is 8.78 Å². The summed E-state index contributed by atoms with van der Waals surface area (Å²) in [5.41, 5.74) is -0.0111. The van der Waals surface area contributed by atoms with Crippen molar-refractivity contribution in [3.8, 4) is 17.3 Å². The summed E-state index contributed by atoms with van der Waals surface area (Å²) in [6.07, 6.45) is 6.13. The number of pyridine rings is 1. The Hall–Kier alpha value is -3.50. The number of hydrogen-bond acceptors (Lipinski definition) is 7. The molecule has 1 unspecified atom stereocenters. The minimum atomic E-state index is -0.888. The molecule has 2 aromatic heterocycles. The normalized spacial score (nSPS) is 23.4. The molecule has 3 aliphatic rings. The molecular formula is C32H35F3N6O. The highest BCUT2D eigenvalue weighted by Crippen LogP contribution is 2.41. The lowest BCUT2D eigenvalue weighted by Crippen LogP contribution is -2.54. The third-order valence-corrected chi connectivity index (χ3v) is 9.82. The monoisotopic (exact) mass is 576 g/mol. The summed E-state index contributed by atoms with van der Waals surface area (Å²) in [5, 5.41) is 4.82. The van der Waals surface area contributed by atoms with Crippen LogP contribution in [0.4, 0.5) is 19.0 Å². The Morgan fingerprint density at radius 3 is 2.64 bits per heavy atom. The van der Waals surface area contributed by atoms with E-state index >= 15 is 4.39 Å². The highest BCUT2D eigenvalue weighted by molar-refractivity contribution is 5.99. The molecule has 220 valence electrons. The fourth-order valence-electron chi connectivity index (χ4n) is 7.18. The van der Waals surface area contributed by atoms with Gasteiger partial charge in [-0.1, -0.05) is 30.3 Å². The second kappa shape index (κ2) is 10.3. The molecule has 2 saturated heterocycles. The zero-order chi connectivity index (χ0) is 29.1. The van der Waals surface area contributed by atoms with Crippen molar-refractivity contribution < 1.29 is 17.9 Å². The summed E-state index contributed by atoms with van der Waals surface area (Å²) in [6.45, 7) is 2.10. The number of rotatable bonds is 8.